The fraction of sp³-hybridized carbons (Fsp3) is 0.636. The second-order valence-electron chi connectivity index (χ2n) is 3.89. The molecule has 18 heavy (non-hydrogen) atoms. The fourth-order valence-electron chi connectivity index (χ4n) is 1.61. The maximum atomic E-state index is 13.7. The molecule has 1 fully saturated rings. The van der Waals surface area contributed by atoms with Gasteiger partial charge in [-0.15, -0.1) is 0 Å². The van der Waals surface area contributed by atoms with Crippen LogP contribution in [0.1, 0.15) is 25.0 Å². The van der Waals surface area contributed by atoms with Crippen LogP contribution in [0.25, 0.3) is 0 Å². The summed E-state index contributed by atoms with van der Waals surface area (Å²) in [5.41, 5.74) is 0. The molecule has 1 aromatic rings. The monoisotopic (exact) mass is 259 g/mol. The summed E-state index contributed by atoms with van der Waals surface area (Å²) in [6, 6.07) is 0. The highest BCUT2D eigenvalue weighted by atomic mass is 19.1. The Morgan fingerprint density at radius 1 is 1.56 bits per heavy atom. The zero-order valence-corrected chi connectivity index (χ0v) is 9.98. The number of halogens is 1. The lowest BCUT2D eigenvalue weighted by atomic mass is 10.2. The van der Waals surface area contributed by atoms with Gasteiger partial charge in [0.15, 0.2) is 5.76 Å². The van der Waals surface area contributed by atoms with Gasteiger partial charge in [0.05, 0.1) is 13.7 Å². The second-order valence-corrected chi connectivity index (χ2v) is 3.89. The molecular formula is C11H14FNO5. The van der Waals surface area contributed by atoms with E-state index < -0.39 is 18.1 Å². The van der Waals surface area contributed by atoms with Crippen LogP contribution in [-0.4, -0.2) is 31.1 Å². The van der Waals surface area contributed by atoms with Crippen LogP contribution in [0, 0.1) is 5.82 Å². The third kappa shape index (κ3) is 2.98. The van der Waals surface area contributed by atoms with Crippen molar-refractivity contribution < 1.29 is 27.9 Å². The van der Waals surface area contributed by atoms with E-state index >= 15 is 0 Å². The largest absolute Gasteiger partial charge is 0.469 e. The highest BCUT2D eigenvalue weighted by molar-refractivity contribution is 5.71. The predicted molar refractivity (Wildman–Crippen MR) is 56.4 cm³/mol. The second kappa shape index (κ2) is 5.81. The van der Waals surface area contributed by atoms with Gasteiger partial charge in [0, 0.05) is 6.42 Å². The Bertz CT molecular complexity index is 414. The number of nitrogens with zero attached hydrogens (tertiary/aromatic N) is 1. The summed E-state index contributed by atoms with van der Waals surface area (Å²) in [6.07, 6.45) is 1.78. The summed E-state index contributed by atoms with van der Waals surface area (Å²) >= 11 is 0. The van der Waals surface area contributed by atoms with Gasteiger partial charge in [-0.25, -0.2) is 0 Å². The van der Waals surface area contributed by atoms with Crippen LogP contribution >= 0.6 is 0 Å². The lowest BCUT2D eigenvalue weighted by molar-refractivity contribution is -0.140. The van der Waals surface area contributed by atoms with Crippen molar-refractivity contribution in [1.82, 2.24) is 5.16 Å². The average Bonchev–Trinajstić information content (AvgIpc) is 2.73. The molecule has 2 heterocycles. The Kier molecular flexibility index (Phi) is 4.14. The van der Waals surface area contributed by atoms with Crippen molar-refractivity contribution in [3.05, 3.63) is 11.6 Å². The minimum atomic E-state index is -0.783. The molecule has 0 aromatic carbocycles. The molecule has 6 nitrogen and oxygen atoms in total. The molecule has 1 unspecified atom stereocenters. The predicted octanol–water partition coefficient (Wildman–Crippen LogP) is 1.43. The maximum Gasteiger partial charge on any atom is 0.313 e. The molecule has 0 saturated carbocycles. The van der Waals surface area contributed by atoms with E-state index in [1.54, 1.807) is 0 Å². The van der Waals surface area contributed by atoms with Crippen LogP contribution in [0.15, 0.2) is 4.52 Å². The summed E-state index contributed by atoms with van der Waals surface area (Å²) in [7, 11) is 1.21. The van der Waals surface area contributed by atoms with Gasteiger partial charge >= 0.3 is 5.97 Å². The van der Waals surface area contributed by atoms with Crippen molar-refractivity contribution in [2.45, 2.75) is 32.0 Å². The number of carbonyl (C=O) groups is 1. The van der Waals surface area contributed by atoms with Crippen molar-refractivity contribution in [3.63, 3.8) is 0 Å². The van der Waals surface area contributed by atoms with Crippen LogP contribution in [0.2, 0.25) is 0 Å². The molecule has 0 N–H and O–H groups in total. The molecule has 1 aliphatic heterocycles. The molecule has 2 rings (SSSR count). The lowest BCUT2D eigenvalue weighted by Gasteiger charge is -2.21. The molecule has 0 radical (unpaired) electrons. The molecule has 0 spiro atoms. The van der Waals surface area contributed by atoms with Gasteiger partial charge in [-0.2, -0.15) is 4.39 Å². The molecule has 100 valence electrons. The van der Waals surface area contributed by atoms with E-state index in [4.69, 9.17) is 14.0 Å². The Hall–Kier alpha value is -1.63. The summed E-state index contributed by atoms with van der Waals surface area (Å²) < 4.78 is 33.4. The van der Waals surface area contributed by atoms with E-state index in [1.807, 2.05) is 0 Å². The minimum Gasteiger partial charge on any atom is -0.469 e. The number of rotatable bonds is 4. The van der Waals surface area contributed by atoms with E-state index in [1.165, 1.54) is 7.11 Å². The molecule has 0 bridgehead atoms. The summed E-state index contributed by atoms with van der Waals surface area (Å²) in [4.78, 5) is 11.0. The van der Waals surface area contributed by atoms with Gasteiger partial charge in [0.25, 0.3) is 5.88 Å². The van der Waals surface area contributed by atoms with E-state index in [0.717, 1.165) is 12.8 Å². The third-order valence-electron chi connectivity index (χ3n) is 2.58. The van der Waals surface area contributed by atoms with Crippen LogP contribution in [0.3, 0.4) is 0 Å². The molecule has 1 saturated heterocycles. The molecule has 1 atom stereocenters. The first kappa shape index (κ1) is 12.8. The summed E-state index contributed by atoms with van der Waals surface area (Å²) in [6.45, 7) is 0.582. The van der Waals surface area contributed by atoms with E-state index in [2.05, 4.69) is 9.89 Å². The first-order chi connectivity index (χ1) is 8.70. The van der Waals surface area contributed by atoms with E-state index in [9.17, 15) is 9.18 Å². The number of esters is 1. The fourth-order valence-corrected chi connectivity index (χ4v) is 1.61. The molecule has 1 aromatic heterocycles. The van der Waals surface area contributed by atoms with Crippen LogP contribution in [0.4, 0.5) is 4.39 Å². The highest BCUT2D eigenvalue weighted by Crippen LogP contribution is 2.23. The average molecular weight is 259 g/mol. The first-order valence-electron chi connectivity index (χ1n) is 5.70. The van der Waals surface area contributed by atoms with Gasteiger partial charge < -0.3 is 18.7 Å². The van der Waals surface area contributed by atoms with Crippen LogP contribution in [-0.2, 0) is 20.7 Å². The molecule has 1 aliphatic rings. The molecule has 7 heteroatoms. The van der Waals surface area contributed by atoms with Crippen molar-refractivity contribution >= 4 is 5.97 Å². The molecule has 0 aliphatic carbocycles. The Balaban J connectivity index is 1.98. The van der Waals surface area contributed by atoms with Crippen LogP contribution in [0.5, 0.6) is 5.88 Å². The topological polar surface area (TPSA) is 70.8 Å². The van der Waals surface area contributed by atoms with Gasteiger partial charge in [0.2, 0.25) is 12.1 Å². The van der Waals surface area contributed by atoms with Gasteiger partial charge in [-0.3, -0.25) is 4.79 Å². The number of methoxy groups -OCH3 is 1. The Morgan fingerprint density at radius 3 is 3.06 bits per heavy atom. The van der Waals surface area contributed by atoms with Crippen molar-refractivity contribution in [2.24, 2.45) is 0 Å². The zero-order valence-electron chi connectivity index (χ0n) is 9.98. The Labute approximate surface area is 103 Å². The summed E-state index contributed by atoms with van der Waals surface area (Å²) in [5.74, 6) is -1.87. The molecule has 0 amide bonds. The van der Waals surface area contributed by atoms with Crippen molar-refractivity contribution in [1.29, 1.82) is 0 Å². The maximum absolute atomic E-state index is 13.7. The van der Waals surface area contributed by atoms with E-state index in [0.29, 0.717) is 13.0 Å². The number of carbonyl (C=O) groups excluding carboxylic acids is 1. The number of hydrogen-bond donors (Lipinski definition) is 0. The highest BCUT2D eigenvalue weighted by Gasteiger charge is 2.24. The van der Waals surface area contributed by atoms with Crippen molar-refractivity contribution in [3.8, 4) is 5.88 Å². The standard InChI is InChI=1S/C11H14FNO5/c1-15-8(14)6-7-10(12)11(13-18-7)17-9-4-2-3-5-16-9/h9H,2-6H2,1H3. The van der Waals surface area contributed by atoms with Crippen LogP contribution < -0.4 is 4.74 Å². The zero-order chi connectivity index (χ0) is 13.0. The smallest absolute Gasteiger partial charge is 0.313 e. The summed E-state index contributed by atoms with van der Waals surface area (Å²) in [5, 5.41) is 3.44. The lowest BCUT2D eigenvalue weighted by Crippen LogP contribution is -2.25. The van der Waals surface area contributed by atoms with E-state index in [-0.39, 0.29) is 18.1 Å². The van der Waals surface area contributed by atoms with Gasteiger partial charge in [-0.1, -0.05) is 0 Å². The van der Waals surface area contributed by atoms with Crippen molar-refractivity contribution in [2.75, 3.05) is 13.7 Å². The Morgan fingerprint density at radius 2 is 2.39 bits per heavy atom. The normalized spacial score (nSPS) is 19.6. The first-order valence-corrected chi connectivity index (χ1v) is 5.70. The third-order valence-corrected chi connectivity index (χ3v) is 2.58. The quantitative estimate of drug-likeness (QED) is 0.762. The molecular weight excluding hydrogens is 245 g/mol. The SMILES string of the molecule is COC(=O)Cc1onc(OC2CCCCO2)c1F. The van der Waals surface area contributed by atoms with Gasteiger partial charge in [-0.05, 0) is 18.0 Å². The number of hydrogen-bond acceptors (Lipinski definition) is 6. The van der Waals surface area contributed by atoms with Gasteiger partial charge in [0.1, 0.15) is 6.42 Å². The minimum absolute atomic E-state index is 0.201. The number of ether oxygens (including phenoxy) is 3. The number of aromatic nitrogens is 1.